The van der Waals surface area contributed by atoms with E-state index in [9.17, 15) is 9.90 Å². The number of amides is 1. The fraction of sp³-hybridized carbons (Fsp3) is 0.160. The van der Waals surface area contributed by atoms with Crippen LogP contribution in [0, 0.1) is 6.92 Å². The van der Waals surface area contributed by atoms with Crippen molar-refractivity contribution in [2.45, 2.75) is 19.8 Å². The smallest absolute Gasteiger partial charge is 0.274 e. The molecule has 1 unspecified atom stereocenters. The first-order valence-electron chi connectivity index (χ1n) is 10.8. The molecule has 2 aromatic carbocycles. The van der Waals surface area contributed by atoms with Crippen molar-refractivity contribution in [1.82, 2.24) is 19.2 Å². The molecular weight excluding hydrogens is 434 g/mol. The molecule has 0 aliphatic rings. The summed E-state index contributed by atoms with van der Waals surface area (Å²) in [5.74, 6) is 0.0112. The van der Waals surface area contributed by atoms with E-state index in [4.69, 9.17) is 14.9 Å². The summed E-state index contributed by atoms with van der Waals surface area (Å²) < 4.78 is 8.75. The Morgan fingerprint density at radius 1 is 1.15 bits per heavy atom. The number of pyridine rings is 1. The van der Waals surface area contributed by atoms with Crippen LogP contribution in [0.5, 0.6) is 5.75 Å². The average Bonchev–Trinajstić information content (AvgIpc) is 3.41. The van der Waals surface area contributed by atoms with Gasteiger partial charge >= 0.3 is 0 Å². The van der Waals surface area contributed by atoms with E-state index in [1.165, 1.54) is 6.20 Å². The largest absolute Gasteiger partial charge is 0.462 e. The van der Waals surface area contributed by atoms with E-state index < -0.39 is 12.9 Å². The number of aliphatic hydroxyl groups excluding tert-OH is 2. The monoisotopic (exact) mass is 457 g/mol. The number of aliphatic hydroxyl groups is 2. The second-order valence-corrected chi connectivity index (χ2v) is 7.87. The summed E-state index contributed by atoms with van der Waals surface area (Å²) in [6.45, 7) is 2.03. The molecule has 0 saturated carbocycles. The molecule has 0 bridgehead atoms. The third kappa shape index (κ3) is 4.09. The number of ether oxygens (including phenoxy) is 1. The van der Waals surface area contributed by atoms with Gasteiger partial charge < -0.3 is 20.3 Å². The number of rotatable bonds is 7. The van der Waals surface area contributed by atoms with Gasteiger partial charge in [-0.3, -0.25) is 13.9 Å². The second kappa shape index (κ2) is 8.97. The van der Waals surface area contributed by atoms with Crippen LogP contribution in [0.1, 0.15) is 21.7 Å². The summed E-state index contributed by atoms with van der Waals surface area (Å²) in [5, 5.41) is 27.0. The highest BCUT2D eigenvalue weighted by Gasteiger charge is 2.17. The van der Waals surface area contributed by atoms with E-state index in [-0.39, 0.29) is 5.91 Å². The van der Waals surface area contributed by atoms with Crippen LogP contribution in [0.2, 0.25) is 0 Å². The minimum Gasteiger partial charge on any atom is -0.462 e. The summed E-state index contributed by atoms with van der Waals surface area (Å²) in [6.07, 6.45) is 1.77. The first-order chi connectivity index (χ1) is 16.5. The maximum Gasteiger partial charge on any atom is 0.274 e. The number of hydrogen-bond donors (Lipinski definition) is 3. The fourth-order valence-electron chi connectivity index (χ4n) is 3.99. The molecule has 0 radical (unpaired) electrons. The van der Waals surface area contributed by atoms with Crippen LogP contribution in [-0.4, -0.2) is 48.2 Å². The molecule has 9 heteroatoms. The van der Waals surface area contributed by atoms with Gasteiger partial charge in [-0.1, -0.05) is 36.4 Å². The lowest BCUT2D eigenvalue weighted by Gasteiger charge is -2.11. The molecule has 1 atom stereocenters. The van der Waals surface area contributed by atoms with E-state index >= 15 is 0 Å². The average molecular weight is 457 g/mol. The van der Waals surface area contributed by atoms with Gasteiger partial charge in [0.15, 0.2) is 0 Å². The fourth-order valence-corrected chi connectivity index (χ4v) is 3.99. The number of carbonyl (C=O) groups is 1. The Hall–Kier alpha value is -4.21. The molecule has 0 aliphatic carbocycles. The van der Waals surface area contributed by atoms with E-state index in [0.717, 1.165) is 22.2 Å². The molecule has 9 nitrogen and oxygen atoms in total. The maximum absolute atomic E-state index is 13.1. The highest BCUT2D eigenvalue weighted by Crippen LogP contribution is 2.28. The number of imidazole rings is 1. The molecule has 0 saturated heterocycles. The van der Waals surface area contributed by atoms with Crippen molar-refractivity contribution in [3.8, 4) is 5.75 Å². The summed E-state index contributed by atoms with van der Waals surface area (Å²) in [5.41, 5.74) is 4.38. The summed E-state index contributed by atoms with van der Waals surface area (Å²) >= 11 is 0. The Morgan fingerprint density at radius 2 is 1.97 bits per heavy atom. The Kier molecular flexibility index (Phi) is 5.70. The van der Waals surface area contributed by atoms with E-state index in [0.29, 0.717) is 29.3 Å². The maximum atomic E-state index is 13.1. The van der Waals surface area contributed by atoms with Crippen molar-refractivity contribution in [2.75, 3.05) is 11.9 Å². The van der Waals surface area contributed by atoms with Crippen molar-refractivity contribution in [1.29, 1.82) is 0 Å². The van der Waals surface area contributed by atoms with Gasteiger partial charge in [0.1, 0.15) is 23.7 Å². The molecule has 5 rings (SSSR count). The summed E-state index contributed by atoms with van der Waals surface area (Å²) in [7, 11) is 0. The quantitative estimate of drug-likeness (QED) is 0.324. The third-order valence-corrected chi connectivity index (χ3v) is 5.52. The van der Waals surface area contributed by atoms with Gasteiger partial charge in [-0.2, -0.15) is 5.10 Å². The number of anilines is 1. The molecular formula is C25H23N5O4. The summed E-state index contributed by atoms with van der Waals surface area (Å²) in [4.78, 5) is 17.4. The van der Waals surface area contributed by atoms with Gasteiger partial charge in [0.2, 0.25) is 6.29 Å². The zero-order valence-corrected chi connectivity index (χ0v) is 18.4. The van der Waals surface area contributed by atoms with Crippen LogP contribution in [-0.2, 0) is 6.54 Å². The molecule has 34 heavy (non-hydrogen) atoms. The van der Waals surface area contributed by atoms with E-state index in [2.05, 4.69) is 22.4 Å². The standard InChI is InChI=1S/C25H23N5O4/c1-16-24-19(8-5-9-20(24)30(28-16)14-17-6-3-2-4-7-17)27-25(33)21-13-26-22-12-18(10-11-29(21)22)34-23(32)15-31/h2-13,23,31-32H,14-15H2,1H3,(H,27,33). The predicted molar refractivity (Wildman–Crippen MR) is 127 cm³/mol. The number of fused-ring (bicyclic) bond motifs is 2. The lowest BCUT2D eigenvalue weighted by molar-refractivity contribution is -0.0548. The van der Waals surface area contributed by atoms with Gasteiger partial charge in [0, 0.05) is 17.6 Å². The van der Waals surface area contributed by atoms with Gasteiger partial charge in [-0.15, -0.1) is 0 Å². The van der Waals surface area contributed by atoms with Crippen LogP contribution in [0.3, 0.4) is 0 Å². The van der Waals surface area contributed by atoms with Crippen LogP contribution in [0.15, 0.2) is 73.1 Å². The number of hydrogen-bond acceptors (Lipinski definition) is 6. The number of carbonyl (C=O) groups excluding carboxylic acids is 1. The molecule has 0 spiro atoms. The Labute approximate surface area is 194 Å². The van der Waals surface area contributed by atoms with Gasteiger partial charge in [-0.05, 0) is 30.7 Å². The molecule has 3 aromatic heterocycles. The van der Waals surface area contributed by atoms with Gasteiger partial charge in [0.05, 0.1) is 29.6 Å². The number of aryl methyl sites for hydroxylation is 1. The molecule has 0 aliphatic heterocycles. The van der Waals surface area contributed by atoms with Gasteiger partial charge in [-0.25, -0.2) is 4.98 Å². The van der Waals surface area contributed by atoms with Crippen molar-refractivity contribution in [3.05, 3.63) is 90.0 Å². The number of aromatic nitrogens is 4. The van der Waals surface area contributed by atoms with E-state index in [1.807, 2.05) is 48.0 Å². The topological polar surface area (TPSA) is 114 Å². The normalized spacial score (nSPS) is 12.2. The molecule has 3 N–H and O–H groups in total. The first-order valence-corrected chi connectivity index (χ1v) is 10.8. The lowest BCUT2D eigenvalue weighted by Crippen LogP contribution is -2.20. The predicted octanol–water partition coefficient (Wildman–Crippen LogP) is 2.98. The number of nitrogens with one attached hydrogen (secondary N) is 1. The zero-order valence-electron chi connectivity index (χ0n) is 18.4. The minimum absolute atomic E-state index is 0.320. The Balaban J connectivity index is 1.43. The van der Waals surface area contributed by atoms with Crippen molar-refractivity contribution in [3.63, 3.8) is 0 Å². The molecule has 1 amide bonds. The highest BCUT2D eigenvalue weighted by atomic mass is 16.6. The molecule has 5 aromatic rings. The van der Waals surface area contributed by atoms with Crippen molar-refractivity contribution >= 4 is 28.1 Å². The number of benzene rings is 2. The Bertz CT molecular complexity index is 1480. The summed E-state index contributed by atoms with van der Waals surface area (Å²) in [6, 6.07) is 19.0. The SMILES string of the molecule is Cc1nn(Cc2ccccc2)c2cccc(NC(=O)c3cnc4cc(OC(O)CO)ccn34)c12. The Morgan fingerprint density at radius 3 is 2.76 bits per heavy atom. The molecule has 172 valence electrons. The minimum atomic E-state index is -1.33. The van der Waals surface area contributed by atoms with Gasteiger partial charge in [0.25, 0.3) is 5.91 Å². The van der Waals surface area contributed by atoms with E-state index in [1.54, 1.807) is 22.7 Å². The molecule has 0 fully saturated rings. The van der Waals surface area contributed by atoms with Crippen molar-refractivity contribution in [2.24, 2.45) is 0 Å². The van der Waals surface area contributed by atoms with Crippen LogP contribution in [0.25, 0.3) is 16.6 Å². The third-order valence-electron chi connectivity index (χ3n) is 5.52. The van der Waals surface area contributed by atoms with Crippen molar-refractivity contribution < 1.29 is 19.7 Å². The molecule has 3 heterocycles. The number of nitrogens with zero attached hydrogens (tertiary/aromatic N) is 4. The van der Waals surface area contributed by atoms with Crippen LogP contribution >= 0.6 is 0 Å². The lowest BCUT2D eigenvalue weighted by atomic mass is 10.1. The highest BCUT2D eigenvalue weighted by molar-refractivity contribution is 6.08. The zero-order chi connectivity index (χ0) is 23.7. The van der Waals surface area contributed by atoms with Crippen LogP contribution < -0.4 is 10.1 Å². The second-order valence-electron chi connectivity index (χ2n) is 7.87. The van der Waals surface area contributed by atoms with Crippen LogP contribution in [0.4, 0.5) is 5.69 Å². The first kappa shape index (κ1) is 21.6.